The standard InChI is InChI=1S/C16H21NO5/c1-21-13-8-4-12(5-9-13)17-16(20)11-2-6-14(7-3-11)22-10-15(18)19/h2-3,6-7,12-13H,4-5,8-10H2,1H3,(H,17,20)(H,18,19). The minimum Gasteiger partial charge on any atom is -0.482 e. The summed E-state index contributed by atoms with van der Waals surface area (Å²) in [5.74, 6) is -0.723. The lowest BCUT2D eigenvalue weighted by Crippen LogP contribution is -2.38. The van der Waals surface area contributed by atoms with Gasteiger partial charge in [-0.15, -0.1) is 0 Å². The number of methoxy groups -OCH3 is 1. The van der Waals surface area contributed by atoms with Crippen LogP contribution >= 0.6 is 0 Å². The van der Waals surface area contributed by atoms with E-state index in [1.54, 1.807) is 31.4 Å². The smallest absolute Gasteiger partial charge is 0.341 e. The summed E-state index contributed by atoms with van der Waals surface area (Å²) in [4.78, 5) is 22.6. The molecule has 1 fully saturated rings. The molecule has 0 bridgehead atoms. The number of aliphatic carboxylic acids is 1. The van der Waals surface area contributed by atoms with Crippen molar-refractivity contribution in [1.29, 1.82) is 0 Å². The molecule has 2 N–H and O–H groups in total. The number of carbonyl (C=O) groups excluding carboxylic acids is 1. The number of hydrogen-bond donors (Lipinski definition) is 2. The second-order valence-corrected chi connectivity index (χ2v) is 5.39. The molecule has 22 heavy (non-hydrogen) atoms. The monoisotopic (exact) mass is 307 g/mol. The summed E-state index contributed by atoms with van der Waals surface area (Å²) in [7, 11) is 1.72. The molecule has 1 aliphatic rings. The van der Waals surface area contributed by atoms with Gasteiger partial charge in [-0.2, -0.15) is 0 Å². The molecule has 1 aromatic carbocycles. The van der Waals surface area contributed by atoms with Crippen molar-refractivity contribution in [3.63, 3.8) is 0 Å². The Labute approximate surface area is 129 Å². The lowest BCUT2D eigenvalue weighted by molar-refractivity contribution is -0.139. The zero-order valence-electron chi connectivity index (χ0n) is 12.6. The van der Waals surface area contributed by atoms with Gasteiger partial charge in [0.15, 0.2) is 6.61 Å². The zero-order chi connectivity index (χ0) is 15.9. The summed E-state index contributed by atoms with van der Waals surface area (Å²) in [6.45, 7) is -0.395. The molecular formula is C16H21NO5. The highest BCUT2D eigenvalue weighted by Crippen LogP contribution is 2.21. The molecule has 1 aromatic rings. The van der Waals surface area contributed by atoms with Crippen molar-refractivity contribution < 1.29 is 24.2 Å². The van der Waals surface area contributed by atoms with Crippen LogP contribution in [0.2, 0.25) is 0 Å². The highest BCUT2D eigenvalue weighted by atomic mass is 16.5. The number of hydrogen-bond acceptors (Lipinski definition) is 4. The first kappa shape index (κ1) is 16.3. The van der Waals surface area contributed by atoms with E-state index in [1.807, 2.05) is 0 Å². The van der Waals surface area contributed by atoms with Crippen LogP contribution in [-0.4, -0.2) is 42.8 Å². The van der Waals surface area contributed by atoms with Crippen LogP contribution in [0.15, 0.2) is 24.3 Å². The van der Waals surface area contributed by atoms with E-state index in [2.05, 4.69) is 5.32 Å². The van der Waals surface area contributed by atoms with Gasteiger partial charge in [0.25, 0.3) is 5.91 Å². The van der Waals surface area contributed by atoms with E-state index in [1.165, 1.54) is 0 Å². The average molecular weight is 307 g/mol. The van der Waals surface area contributed by atoms with Gasteiger partial charge < -0.3 is 19.9 Å². The Morgan fingerprint density at radius 1 is 1.18 bits per heavy atom. The lowest BCUT2D eigenvalue weighted by Gasteiger charge is -2.28. The Morgan fingerprint density at radius 2 is 1.82 bits per heavy atom. The number of nitrogens with one attached hydrogen (secondary N) is 1. The van der Waals surface area contributed by atoms with Gasteiger partial charge in [0.05, 0.1) is 6.10 Å². The van der Waals surface area contributed by atoms with E-state index < -0.39 is 12.6 Å². The number of ether oxygens (including phenoxy) is 2. The number of benzene rings is 1. The number of carbonyl (C=O) groups is 2. The Balaban J connectivity index is 1.83. The van der Waals surface area contributed by atoms with E-state index in [0.717, 1.165) is 25.7 Å². The fraction of sp³-hybridized carbons (Fsp3) is 0.500. The first-order valence-corrected chi connectivity index (χ1v) is 7.37. The third-order valence-corrected chi connectivity index (χ3v) is 3.82. The van der Waals surface area contributed by atoms with Crippen LogP contribution in [0.5, 0.6) is 5.75 Å². The van der Waals surface area contributed by atoms with E-state index in [9.17, 15) is 9.59 Å². The Morgan fingerprint density at radius 3 is 2.36 bits per heavy atom. The summed E-state index contributed by atoms with van der Waals surface area (Å²) in [6.07, 6.45) is 4.07. The van der Waals surface area contributed by atoms with Gasteiger partial charge in [-0.25, -0.2) is 4.79 Å². The highest BCUT2D eigenvalue weighted by Gasteiger charge is 2.22. The second kappa shape index (κ2) is 7.79. The second-order valence-electron chi connectivity index (χ2n) is 5.39. The molecule has 6 nitrogen and oxygen atoms in total. The molecule has 2 rings (SSSR count). The topological polar surface area (TPSA) is 84.9 Å². The highest BCUT2D eigenvalue weighted by molar-refractivity contribution is 5.94. The average Bonchev–Trinajstić information content (AvgIpc) is 2.54. The number of rotatable bonds is 6. The van der Waals surface area contributed by atoms with Gasteiger partial charge in [-0.1, -0.05) is 0 Å². The third-order valence-electron chi connectivity index (χ3n) is 3.82. The molecule has 0 atom stereocenters. The molecular weight excluding hydrogens is 286 g/mol. The quantitative estimate of drug-likeness (QED) is 0.837. The molecule has 0 aromatic heterocycles. The Hall–Kier alpha value is -2.08. The van der Waals surface area contributed by atoms with Gasteiger partial charge in [0.2, 0.25) is 0 Å². The summed E-state index contributed by atoms with van der Waals surface area (Å²) in [5.41, 5.74) is 0.538. The van der Waals surface area contributed by atoms with Crippen LogP contribution in [-0.2, 0) is 9.53 Å². The van der Waals surface area contributed by atoms with Crippen LogP contribution in [0.4, 0.5) is 0 Å². The van der Waals surface area contributed by atoms with Crippen molar-refractivity contribution >= 4 is 11.9 Å². The van der Waals surface area contributed by atoms with Gasteiger partial charge in [0, 0.05) is 18.7 Å². The van der Waals surface area contributed by atoms with E-state index in [-0.39, 0.29) is 11.9 Å². The molecule has 0 radical (unpaired) electrons. The summed E-state index contributed by atoms with van der Waals surface area (Å²) >= 11 is 0. The van der Waals surface area contributed by atoms with Gasteiger partial charge in [0.1, 0.15) is 5.75 Å². The van der Waals surface area contributed by atoms with Crippen molar-refractivity contribution in [2.24, 2.45) is 0 Å². The van der Waals surface area contributed by atoms with Gasteiger partial charge in [-0.05, 0) is 49.9 Å². The fourth-order valence-corrected chi connectivity index (χ4v) is 2.56. The zero-order valence-corrected chi connectivity index (χ0v) is 12.6. The maximum absolute atomic E-state index is 12.2. The van der Waals surface area contributed by atoms with E-state index >= 15 is 0 Å². The van der Waals surface area contributed by atoms with E-state index in [0.29, 0.717) is 17.4 Å². The lowest BCUT2D eigenvalue weighted by atomic mass is 9.93. The summed E-state index contributed by atoms with van der Waals surface area (Å²) in [5, 5.41) is 11.6. The molecule has 120 valence electrons. The largest absolute Gasteiger partial charge is 0.482 e. The van der Waals surface area contributed by atoms with Crippen molar-refractivity contribution in [3.05, 3.63) is 29.8 Å². The van der Waals surface area contributed by atoms with Crippen LogP contribution < -0.4 is 10.1 Å². The molecule has 0 saturated heterocycles. The molecule has 1 saturated carbocycles. The van der Waals surface area contributed by atoms with Crippen LogP contribution in [0.25, 0.3) is 0 Å². The molecule has 0 aliphatic heterocycles. The predicted octanol–water partition coefficient (Wildman–Crippen LogP) is 1.84. The van der Waals surface area contributed by atoms with Gasteiger partial charge >= 0.3 is 5.97 Å². The minimum atomic E-state index is -1.03. The van der Waals surface area contributed by atoms with Crippen molar-refractivity contribution in [2.45, 2.75) is 37.8 Å². The maximum atomic E-state index is 12.2. The molecule has 0 unspecified atom stereocenters. The normalized spacial score (nSPS) is 21.1. The third kappa shape index (κ3) is 4.73. The summed E-state index contributed by atoms with van der Waals surface area (Å²) in [6, 6.07) is 6.64. The van der Waals surface area contributed by atoms with Crippen molar-refractivity contribution in [3.8, 4) is 5.75 Å². The SMILES string of the molecule is COC1CCC(NC(=O)c2ccc(OCC(=O)O)cc2)CC1. The first-order valence-electron chi connectivity index (χ1n) is 7.37. The van der Waals surface area contributed by atoms with E-state index in [4.69, 9.17) is 14.6 Å². The Bertz CT molecular complexity index is 506. The van der Waals surface area contributed by atoms with Crippen molar-refractivity contribution in [1.82, 2.24) is 5.32 Å². The van der Waals surface area contributed by atoms with Crippen molar-refractivity contribution in [2.75, 3.05) is 13.7 Å². The van der Waals surface area contributed by atoms with Gasteiger partial charge in [-0.3, -0.25) is 4.79 Å². The minimum absolute atomic E-state index is 0.120. The predicted molar refractivity (Wildman–Crippen MR) is 80.1 cm³/mol. The summed E-state index contributed by atoms with van der Waals surface area (Å²) < 4.78 is 10.3. The molecule has 6 heteroatoms. The molecule has 1 amide bonds. The van der Waals surface area contributed by atoms with Crippen LogP contribution in [0, 0.1) is 0 Å². The number of amides is 1. The number of carboxylic acids is 1. The molecule has 0 spiro atoms. The number of carboxylic acid groups (broad SMARTS) is 1. The Kier molecular flexibility index (Phi) is 5.77. The maximum Gasteiger partial charge on any atom is 0.341 e. The fourth-order valence-electron chi connectivity index (χ4n) is 2.56. The van der Waals surface area contributed by atoms with Crippen LogP contribution in [0.1, 0.15) is 36.0 Å². The molecule has 1 aliphatic carbocycles. The van der Waals surface area contributed by atoms with Crippen LogP contribution in [0.3, 0.4) is 0 Å². The molecule has 0 heterocycles. The first-order chi connectivity index (χ1) is 10.6.